The molecule has 0 spiro atoms. The molecule has 4 heteroatoms. The van der Waals surface area contributed by atoms with Crippen molar-refractivity contribution in [3.05, 3.63) is 12.7 Å². The first-order valence-electron chi connectivity index (χ1n) is 17.2. The Hall–Kier alpha value is -0.870. The second-order valence-electron chi connectivity index (χ2n) is 12.4. The van der Waals surface area contributed by atoms with Crippen molar-refractivity contribution in [2.45, 2.75) is 186 Å². The minimum Gasteiger partial charge on any atom is -0.478 e. The number of hydrogen-bond acceptors (Lipinski definition) is 3. The zero-order chi connectivity index (χ0) is 28.7. The van der Waals surface area contributed by atoms with Gasteiger partial charge in [0.25, 0.3) is 0 Å². The van der Waals surface area contributed by atoms with Gasteiger partial charge >= 0.3 is 5.97 Å². The molecule has 0 heterocycles. The van der Waals surface area contributed by atoms with Crippen LogP contribution in [0.25, 0.3) is 0 Å². The third-order valence-corrected chi connectivity index (χ3v) is 8.76. The second kappa shape index (κ2) is 30.1. The van der Waals surface area contributed by atoms with Crippen molar-refractivity contribution >= 4 is 5.97 Å². The Morgan fingerprint density at radius 3 is 0.744 bits per heavy atom. The summed E-state index contributed by atoms with van der Waals surface area (Å²) in [6.07, 6.45) is 41.7. The van der Waals surface area contributed by atoms with E-state index in [1.165, 1.54) is 173 Å². The van der Waals surface area contributed by atoms with Gasteiger partial charge in [0.05, 0.1) is 13.2 Å². The summed E-state index contributed by atoms with van der Waals surface area (Å²) in [7, 11) is 0. The lowest BCUT2D eigenvalue weighted by Crippen LogP contribution is -2.30. The van der Waals surface area contributed by atoms with Gasteiger partial charge in [0, 0.05) is 11.5 Å². The van der Waals surface area contributed by atoms with E-state index in [2.05, 4.69) is 6.58 Å². The molecule has 3 aliphatic carbocycles. The maximum Gasteiger partial charge on any atom is 0.327 e. The summed E-state index contributed by atoms with van der Waals surface area (Å²) in [5.41, 5.74) is -0.169. The van der Waals surface area contributed by atoms with Gasteiger partial charge in [-0.2, -0.15) is 0 Å². The maximum absolute atomic E-state index is 9.36. The minimum absolute atomic E-state index is 0.156. The van der Waals surface area contributed by atoms with Crippen LogP contribution in [0.15, 0.2) is 12.7 Å². The summed E-state index contributed by atoms with van der Waals surface area (Å²) in [5, 5.41) is 26.3. The van der Waals surface area contributed by atoms with E-state index in [1.54, 1.807) is 0 Å². The normalized spacial score (nSPS) is 21.9. The molecular weight excluding hydrogens is 484 g/mol. The average Bonchev–Trinajstić information content (AvgIpc) is 2.98. The molecule has 232 valence electrons. The molecule has 0 atom stereocenters. The Labute approximate surface area is 243 Å². The van der Waals surface area contributed by atoms with Crippen LogP contribution in [-0.2, 0) is 4.79 Å². The lowest BCUT2D eigenvalue weighted by molar-refractivity contribution is -0.131. The SMILES string of the molecule is C1CCCCCCCCC1.C1CCCCCCCCC1.C=CC(=O)O.OCC1(CO)CCCCCCCCC1. The largest absolute Gasteiger partial charge is 0.478 e. The third-order valence-electron chi connectivity index (χ3n) is 8.76. The summed E-state index contributed by atoms with van der Waals surface area (Å²) >= 11 is 0. The monoisotopic (exact) mass is 553 g/mol. The molecule has 0 amide bonds. The topological polar surface area (TPSA) is 77.8 Å². The molecule has 3 aliphatic rings. The highest BCUT2D eigenvalue weighted by Gasteiger charge is 2.27. The molecule has 0 aromatic heterocycles. The van der Waals surface area contributed by atoms with Crippen molar-refractivity contribution in [1.29, 1.82) is 0 Å². The first-order valence-corrected chi connectivity index (χ1v) is 17.2. The van der Waals surface area contributed by atoms with Gasteiger partial charge in [-0.15, -0.1) is 0 Å². The molecule has 3 N–H and O–H groups in total. The number of aliphatic carboxylic acids is 1. The van der Waals surface area contributed by atoms with Gasteiger partial charge in [-0.25, -0.2) is 4.79 Å². The predicted molar refractivity (Wildman–Crippen MR) is 168 cm³/mol. The highest BCUT2D eigenvalue weighted by molar-refractivity contribution is 5.78. The lowest BCUT2D eigenvalue weighted by atomic mass is 9.78. The summed E-state index contributed by atoms with van der Waals surface area (Å²) in [4.78, 5) is 9.25. The highest BCUT2D eigenvalue weighted by Crippen LogP contribution is 2.32. The first kappa shape index (κ1) is 38.1. The molecule has 0 aromatic rings. The van der Waals surface area contributed by atoms with Crippen LogP contribution in [0.1, 0.15) is 186 Å². The second-order valence-corrected chi connectivity index (χ2v) is 12.4. The van der Waals surface area contributed by atoms with Gasteiger partial charge in [-0.05, 0) is 12.8 Å². The van der Waals surface area contributed by atoms with Gasteiger partial charge in [0.1, 0.15) is 0 Å². The van der Waals surface area contributed by atoms with Crippen molar-refractivity contribution in [2.75, 3.05) is 13.2 Å². The Kier molecular flexibility index (Phi) is 29.4. The summed E-state index contributed by atoms with van der Waals surface area (Å²) in [5.74, 6) is -0.981. The molecule has 0 radical (unpaired) electrons. The fourth-order valence-electron chi connectivity index (χ4n) is 5.91. The maximum atomic E-state index is 9.36. The van der Waals surface area contributed by atoms with E-state index in [9.17, 15) is 15.0 Å². The molecule has 3 saturated carbocycles. The number of rotatable bonds is 3. The van der Waals surface area contributed by atoms with E-state index < -0.39 is 5.97 Å². The van der Waals surface area contributed by atoms with Crippen molar-refractivity contribution in [3.8, 4) is 0 Å². The smallest absolute Gasteiger partial charge is 0.327 e. The van der Waals surface area contributed by atoms with Crippen LogP contribution in [0.2, 0.25) is 0 Å². The zero-order valence-corrected chi connectivity index (χ0v) is 26.0. The predicted octanol–water partition coefficient (Wildman–Crippen LogP) is 10.5. The van der Waals surface area contributed by atoms with Gasteiger partial charge < -0.3 is 15.3 Å². The van der Waals surface area contributed by atoms with E-state index in [0.29, 0.717) is 0 Å². The van der Waals surface area contributed by atoms with Crippen LogP contribution in [0.4, 0.5) is 0 Å². The fraction of sp³-hybridized carbons (Fsp3) is 0.914. The Morgan fingerprint density at radius 1 is 0.462 bits per heavy atom. The number of aliphatic hydroxyl groups excluding tert-OH is 2. The molecule has 4 nitrogen and oxygen atoms in total. The molecule has 0 saturated heterocycles. The number of hydrogen-bond donors (Lipinski definition) is 3. The van der Waals surface area contributed by atoms with Crippen LogP contribution in [-0.4, -0.2) is 34.5 Å². The van der Waals surface area contributed by atoms with Gasteiger partial charge in [0.15, 0.2) is 0 Å². The van der Waals surface area contributed by atoms with Gasteiger partial charge in [0.2, 0.25) is 0 Å². The quantitative estimate of drug-likeness (QED) is 0.304. The summed E-state index contributed by atoms with van der Waals surface area (Å²) < 4.78 is 0. The highest BCUT2D eigenvalue weighted by atomic mass is 16.4. The third kappa shape index (κ3) is 27.1. The molecule has 3 fully saturated rings. The zero-order valence-electron chi connectivity index (χ0n) is 26.0. The molecule has 3 rings (SSSR count). The van der Waals surface area contributed by atoms with Crippen molar-refractivity contribution in [1.82, 2.24) is 0 Å². The van der Waals surface area contributed by atoms with E-state index in [4.69, 9.17) is 5.11 Å². The molecule has 0 aliphatic heterocycles. The van der Waals surface area contributed by atoms with Gasteiger partial charge in [-0.1, -0.05) is 180 Å². The van der Waals surface area contributed by atoms with Crippen LogP contribution >= 0.6 is 0 Å². The summed E-state index contributed by atoms with van der Waals surface area (Å²) in [6, 6.07) is 0. The minimum atomic E-state index is -0.981. The van der Waals surface area contributed by atoms with Crippen LogP contribution in [0.3, 0.4) is 0 Å². The Bertz CT molecular complexity index is 416. The van der Waals surface area contributed by atoms with Crippen LogP contribution < -0.4 is 0 Å². The number of carboxylic acids is 1. The molecule has 0 bridgehead atoms. The standard InChI is InChI=1S/C12H24O2.2C10H20.C3H4O2/c13-10-12(11-14)8-6-4-2-1-3-5-7-9-12;2*1-2-4-6-8-10-9-7-5-3-1;1-2-3(4)5/h13-14H,1-11H2;2*1-10H2;2H,1H2,(H,4,5). The molecule has 39 heavy (non-hydrogen) atoms. The van der Waals surface area contributed by atoms with Gasteiger partial charge in [-0.3, -0.25) is 0 Å². The fourth-order valence-corrected chi connectivity index (χ4v) is 5.91. The number of aliphatic hydroxyl groups is 2. The number of carbonyl (C=O) groups is 1. The Balaban J connectivity index is 0.000000520. The van der Waals surface area contributed by atoms with E-state index >= 15 is 0 Å². The molecular formula is C35H68O4. The van der Waals surface area contributed by atoms with E-state index in [0.717, 1.165) is 18.9 Å². The lowest BCUT2D eigenvalue weighted by Gasteiger charge is -2.30. The van der Waals surface area contributed by atoms with Crippen LogP contribution in [0.5, 0.6) is 0 Å². The molecule has 0 aromatic carbocycles. The summed E-state index contributed by atoms with van der Waals surface area (Å²) in [6.45, 7) is 3.27. The van der Waals surface area contributed by atoms with Crippen molar-refractivity contribution in [3.63, 3.8) is 0 Å². The Morgan fingerprint density at radius 2 is 0.615 bits per heavy atom. The number of carboxylic acid groups (broad SMARTS) is 1. The average molecular weight is 553 g/mol. The molecule has 0 unspecified atom stereocenters. The van der Waals surface area contributed by atoms with E-state index in [-0.39, 0.29) is 18.6 Å². The first-order chi connectivity index (χ1) is 19.1. The van der Waals surface area contributed by atoms with Crippen molar-refractivity contribution < 1.29 is 20.1 Å². The van der Waals surface area contributed by atoms with Crippen LogP contribution in [0, 0.1) is 5.41 Å². The van der Waals surface area contributed by atoms with Crippen molar-refractivity contribution in [2.24, 2.45) is 5.41 Å². The van der Waals surface area contributed by atoms with E-state index in [1.807, 2.05) is 0 Å².